The Kier molecular flexibility index (Phi) is 4.32. The number of nitrogens with one attached hydrogen (secondary N) is 1. The van der Waals surface area contributed by atoms with Crippen molar-refractivity contribution in [3.63, 3.8) is 0 Å². The second-order valence-corrected chi connectivity index (χ2v) is 6.08. The molecule has 1 N–H and O–H groups in total. The van der Waals surface area contributed by atoms with Gasteiger partial charge in [0.25, 0.3) is 0 Å². The van der Waals surface area contributed by atoms with Gasteiger partial charge in [0.2, 0.25) is 0 Å². The molecular weight excluding hydrogens is 314 g/mol. The van der Waals surface area contributed by atoms with Crippen LogP contribution in [-0.4, -0.2) is 70.0 Å². The molecule has 0 bridgehead atoms. The Labute approximate surface area is 139 Å². The van der Waals surface area contributed by atoms with Gasteiger partial charge in [-0.15, -0.1) is 0 Å². The number of hydrogen-bond donors (Lipinski definition) is 1. The van der Waals surface area contributed by atoms with Crippen molar-refractivity contribution in [3.8, 4) is 0 Å². The minimum absolute atomic E-state index is 0.151. The minimum Gasteiger partial charge on any atom is -0.441 e. The normalized spacial score (nSPS) is 19.3. The Hall–Kier alpha value is -2.71. The van der Waals surface area contributed by atoms with Crippen LogP contribution in [0.2, 0.25) is 0 Å². The molecule has 24 heavy (non-hydrogen) atoms. The first-order chi connectivity index (χ1) is 11.5. The van der Waals surface area contributed by atoms with E-state index >= 15 is 0 Å². The SMILES string of the molecule is CN1CC2(CCN(C(=O)C(=O)NCc3cnccn3)CC2)OC1=O. The van der Waals surface area contributed by atoms with Crippen molar-refractivity contribution in [2.24, 2.45) is 0 Å². The van der Waals surface area contributed by atoms with Gasteiger partial charge in [-0.05, 0) is 0 Å². The largest absolute Gasteiger partial charge is 0.441 e. The van der Waals surface area contributed by atoms with E-state index in [9.17, 15) is 14.4 Å². The summed E-state index contributed by atoms with van der Waals surface area (Å²) < 4.78 is 5.43. The van der Waals surface area contributed by atoms with Crippen LogP contribution in [-0.2, 0) is 20.9 Å². The molecule has 1 aromatic rings. The maximum absolute atomic E-state index is 12.2. The number of carbonyl (C=O) groups is 3. The monoisotopic (exact) mass is 333 g/mol. The second kappa shape index (κ2) is 6.42. The molecule has 1 spiro atoms. The van der Waals surface area contributed by atoms with Crippen LogP contribution in [0.5, 0.6) is 0 Å². The smallest absolute Gasteiger partial charge is 0.410 e. The summed E-state index contributed by atoms with van der Waals surface area (Å²) >= 11 is 0. The first-order valence-electron chi connectivity index (χ1n) is 7.75. The van der Waals surface area contributed by atoms with Gasteiger partial charge < -0.3 is 19.9 Å². The number of nitrogens with zero attached hydrogens (tertiary/aromatic N) is 4. The van der Waals surface area contributed by atoms with Crippen molar-refractivity contribution in [1.29, 1.82) is 0 Å². The molecule has 0 aromatic carbocycles. The zero-order valence-electron chi connectivity index (χ0n) is 13.4. The number of piperidine rings is 1. The molecule has 0 saturated carbocycles. The van der Waals surface area contributed by atoms with Crippen molar-refractivity contribution < 1.29 is 19.1 Å². The molecule has 0 atom stereocenters. The molecule has 2 fully saturated rings. The first kappa shape index (κ1) is 16.2. The molecule has 3 rings (SSSR count). The van der Waals surface area contributed by atoms with Crippen molar-refractivity contribution in [2.45, 2.75) is 25.0 Å². The van der Waals surface area contributed by atoms with Crippen LogP contribution in [0.3, 0.4) is 0 Å². The number of ether oxygens (including phenoxy) is 1. The van der Waals surface area contributed by atoms with E-state index in [2.05, 4.69) is 15.3 Å². The van der Waals surface area contributed by atoms with Crippen molar-refractivity contribution in [2.75, 3.05) is 26.7 Å². The Morgan fingerprint density at radius 2 is 2.08 bits per heavy atom. The number of hydrogen-bond acceptors (Lipinski definition) is 6. The van der Waals surface area contributed by atoms with E-state index in [0.717, 1.165) is 0 Å². The van der Waals surface area contributed by atoms with Crippen molar-refractivity contribution in [3.05, 3.63) is 24.3 Å². The predicted molar refractivity (Wildman–Crippen MR) is 81.5 cm³/mol. The molecule has 2 saturated heterocycles. The van der Waals surface area contributed by atoms with Crippen LogP contribution >= 0.6 is 0 Å². The highest BCUT2D eigenvalue weighted by atomic mass is 16.6. The number of likely N-dealkylation sites (N-methyl/N-ethyl adjacent to an activating group) is 1. The zero-order chi connectivity index (χ0) is 17.2. The maximum atomic E-state index is 12.2. The summed E-state index contributed by atoms with van der Waals surface area (Å²) in [5.74, 6) is -1.25. The third-order valence-electron chi connectivity index (χ3n) is 4.34. The van der Waals surface area contributed by atoms with E-state index in [0.29, 0.717) is 38.2 Å². The average Bonchev–Trinajstić information content (AvgIpc) is 2.87. The van der Waals surface area contributed by atoms with Crippen LogP contribution in [0.15, 0.2) is 18.6 Å². The van der Waals surface area contributed by atoms with E-state index in [4.69, 9.17) is 4.74 Å². The predicted octanol–water partition coefficient (Wildman–Crippen LogP) is -0.464. The van der Waals surface area contributed by atoms with E-state index < -0.39 is 17.4 Å². The molecule has 3 amide bonds. The first-order valence-corrected chi connectivity index (χ1v) is 7.75. The summed E-state index contributed by atoms with van der Waals surface area (Å²) in [5.41, 5.74) is 0.0516. The van der Waals surface area contributed by atoms with Gasteiger partial charge in [0.05, 0.1) is 25.0 Å². The summed E-state index contributed by atoms with van der Waals surface area (Å²) in [6.07, 6.45) is 5.32. The fraction of sp³-hybridized carbons (Fsp3) is 0.533. The van der Waals surface area contributed by atoms with Crippen LogP contribution in [0, 0.1) is 0 Å². The quantitative estimate of drug-likeness (QED) is 0.734. The standard InChI is InChI=1S/C15H19N5O4/c1-19-10-15(24-14(19)23)2-6-20(7-3-15)13(22)12(21)18-9-11-8-16-4-5-17-11/h4-5,8H,2-3,6-7,9-10H2,1H3,(H,18,21). The van der Waals surface area contributed by atoms with E-state index in [1.54, 1.807) is 7.05 Å². The number of likely N-dealkylation sites (tertiary alicyclic amines) is 1. The Bertz CT molecular complexity index is 643. The van der Waals surface area contributed by atoms with Gasteiger partial charge in [0, 0.05) is 45.4 Å². The lowest BCUT2D eigenvalue weighted by Crippen LogP contribution is -2.52. The molecule has 2 aliphatic heterocycles. The highest BCUT2D eigenvalue weighted by molar-refractivity contribution is 6.34. The Balaban J connectivity index is 1.50. The van der Waals surface area contributed by atoms with Gasteiger partial charge in [0.15, 0.2) is 0 Å². The van der Waals surface area contributed by atoms with Gasteiger partial charge in [-0.2, -0.15) is 0 Å². The maximum Gasteiger partial charge on any atom is 0.410 e. The zero-order valence-corrected chi connectivity index (χ0v) is 13.4. The fourth-order valence-corrected chi connectivity index (χ4v) is 2.98. The van der Waals surface area contributed by atoms with Crippen molar-refractivity contribution >= 4 is 17.9 Å². The van der Waals surface area contributed by atoms with Gasteiger partial charge in [0.1, 0.15) is 5.60 Å². The highest BCUT2D eigenvalue weighted by Crippen LogP contribution is 2.32. The summed E-state index contributed by atoms with van der Waals surface area (Å²) in [7, 11) is 1.69. The molecule has 9 heteroatoms. The van der Waals surface area contributed by atoms with Crippen molar-refractivity contribution in [1.82, 2.24) is 25.1 Å². The molecular formula is C15H19N5O4. The van der Waals surface area contributed by atoms with Crippen LogP contribution in [0.4, 0.5) is 4.79 Å². The molecule has 0 radical (unpaired) electrons. The van der Waals surface area contributed by atoms with Crippen LogP contribution in [0.25, 0.3) is 0 Å². The summed E-state index contributed by atoms with van der Waals surface area (Å²) in [5, 5.41) is 2.54. The van der Waals surface area contributed by atoms with Crippen LogP contribution in [0.1, 0.15) is 18.5 Å². The highest BCUT2D eigenvalue weighted by Gasteiger charge is 2.46. The molecule has 2 aliphatic rings. The lowest BCUT2D eigenvalue weighted by molar-refractivity contribution is -0.148. The fourth-order valence-electron chi connectivity index (χ4n) is 2.98. The topological polar surface area (TPSA) is 105 Å². The summed E-state index contributed by atoms with van der Waals surface area (Å²) in [4.78, 5) is 46.7. The number of carbonyl (C=O) groups excluding carboxylic acids is 3. The molecule has 3 heterocycles. The van der Waals surface area contributed by atoms with E-state index in [1.807, 2.05) is 0 Å². The van der Waals surface area contributed by atoms with E-state index in [1.165, 1.54) is 28.4 Å². The summed E-state index contributed by atoms with van der Waals surface area (Å²) in [6, 6.07) is 0. The second-order valence-electron chi connectivity index (χ2n) is 6.08. The molecule has 1 aromatic heterocycles. The number of aromatic nitrogens is 2. The average molecular weight is 333 g/mol. The molecule has 9 nitrogen and oxygen atoms in total. The third-order valence-corrected chi connectivity index (χ3v) is 4.34. The molecule has 128 valence electrons. The minimum atomic E-state index is -0.669. The van der Waals surface area contributed by atoms with Gasteiger partial charge in [-0.3, -0.25) is 19.6 Å². The van der Waals surface area contributed by atoms with Gasteiger partial charge in [-0.1, -0.05) is 0 Å². The van der Waals surface area contributed by atoms with Gasteiger partial charge >= 0.3 is 17.9 Å². The lowest BCUT2D eigenvalue weighted by atomic mass is 9.91. The molecule has 0 unspecified atom stereocenters. The lowest BCUT2D eigenvalue weighted by Gasteiger charge is -2.36. The van der Waals surface area contributed by atoms with Crippen LogP contribution < -0.4 is 5.32 Å². The Morgan fingerprint density at radius 1 is 1.33 bits per heavy atom. The number of rotatable bonds is 2. The number of amides is 3. The molecule has 0 aliphatic carbocycles. The van der Waals surface area contributed by atoms with Gasteiger partial charge in [-0.25, -0.2) is 4.79 Å². The Morgan fingerprint density at radius 3 is 2.67 bits per heavy atom. The van der Waals surface area contributed by atoms with E-state index in [-0.39, 0.29) is 12.6 Å². The summed E-state index contributed by atoms with van der Waals surface area (Å²) in [6.45, 7) is 1.45. The third kappa shape index (κ3) is 3.29.